The first-order valence-electron chi connectivity index (χ1n) is 33.8. The summed E-state index contributed by atoms with van der Waals surface area (Å²) in [4.78, 5) is 5.67. The first kappa shape index (κ1) is 55.7. The van der Waals surface area contributed by atoms with Gasteiger partial charge in [0, 0.05) is 66.6 Å². The highest BCUT2D eigenvalue weighted by Crippen LogP contribution is 2.67. The second kappa shape index (κ2) is 17.0. The topological polar surface area (TPSA) is 6.48 Å². The van der Waals surface area contributed by atoms with Gasteiger partial charge in [-0.15, -0.1) is 0 Å². The van der Waals surface area contributed by atoms with Crippen LogP contribution in [0.25, 0.3) is 33.4 Å². The highest BCUT2D eigenvalue weighted by Gasteiger charge is 2.55. The van der Waals surface area contributed by atoms with Gasteiger partial charge in [-0.25, -0.2) is 0 Å². The van der Waals surface area contributed by atoms with Crippen LogP contribution < -0.4 is 26.2 Å². The molecule has 446 valence electrons. The molecule has 0 amide bonds. The first-order chi connectivity index (χ1) is 41.8. The fourth-order valence-electron chi connectivity index (χ4n) is 19.9. The lowest BCUT2D eigenvalue weighted by molar-refractivity contribution is 0.331. The predicted octanol–water partition coefficient (Wildman–Crippen LogP) is 20.7. The fraction of sp³-hybridized carbons (Fsp3) is 0.372. The maximum absolute atomic E-state index is 2.90. The average Bonchev–Trinajstić information content (AvgIpc) is 1.58. The smallest absolute Gasteiger partial charge is 0.252 e. The van der Waals surface area contributed by atoms with Gasteiger partial charge in [0.2, 0.25) is 0 Å². The van der Waals surface area contributed by atoms with E-state index in [0.717, 1.165) is 19.3 Å². The zero-order chi connectivity index (χ0) is 62.4. The van der Waals surface area contributed by atoms with Crippen molar-refractivity contribution in [3.8, 4) is 33.4 Å². The minimum Gasteiger partial charge on any atom is -0.311 e. The Kier molecular flexibility index (Phi) is 10.6. The molecule has 0 fully saturated rings. The summed E-state index contributed by atoms with van der Waals surface area (Å²) in [5, 5.41) is 0. The van der Waals surface area contributed by atoms with Gasteiger partial charge in [0.15, 0.2) is 0 Å². The van der Waals surface area contributed by atoms with Crippen molar-refractivity contribution in [3.05, 3.63) is 229 Å². The highest BCUT2D eigenvalue weighted by molar-refractivity contribution is 7.00. The molecule has 0 radical (unpaired) electrons. The Morgan fingerprint density at radius 1 is 0.315 bits per heavy atom. The molecule has 0 saturated heterocycles. The van der Waals surface area contributed by atoms with Crippen molar-refractivity contribution in [2.75, 3.05) is 9.80 Å². The predicted molar refractivity (Wildman–Crippen MR) is 379 cm³/mol. The van der Waals surface area contributed by atoms with Crippen molar-refractivity contribution in [2.45, 2.75) is 206 Å². The van der Waals surface area contributed by atoms with Crippen molar-refractivity contribution in [2.24, 2.45) is 0 Å². The van der Waals surface area contributed by atoms with Crippen LogP contribution in [0.15, 0.2) is 146 Å². The van der Waals surface area contributed by atoms with Crippen LogP contribution >= 0.6 is 0 Å². The standard InChI is InChI=1S/C86H89BN2/c1-48-26-20-21-27-51(48)49-40-70-76-71(41-49)89-68-46-60-59(78(2,3)36-37-79(60,4)5)43-52(68)72-73-64(44-65-75(72)81(8,9)39-38-80(65,6)7)86(18,19)58-34-35-66(77(89)74(58)73)87(76)67-45-62-63(85(16,17)56-31-25-24-30-55(56)84(62,14)15)47-69(67)88(70)50-32-33-57-61(42-50)83(12,13)54-29-23-22-28-53(54)82(57,10)11/h20-35,40-47H,36-39H2,1-19H3. The molecular formula is C86H89BN2. The van der Waals surface area contributed by atoms with Gasteiger partial charge in [0.1, 0.15) is 0 Å². The quantitative estimate of drug-likeness (QED) is 0.159. The van der Waals surface area contributed by atoms with Crippen molar-refractivity contribution in [1.29, 1.82) is 0 Å². The molecule has 8 aliphatic rings. The number of rotatable bonds is 2. The van der Waals surface area contributed by atoms with E-state index in [4.69, 9.17) is 0 Å². The number of nitrogens with zero attached hydrogens (tertiary/aromatic N) is 2. The van der Waals surface area contributed by atoms with Gasteiger partial charge in [-0.3, -0.25) is 0 Å². The first-order valence-corrected chi connectivity index (χ1v) is 33.8. The molecule has 89 heavy (non-hydrogen) atoms. The molecule has 0 atom stereocenters. The molecule has 0 aromatic heterocycles. The summed E-state index contributed by atoms with van der Waals surface area (Å²) in [5.41, 5.74) is 41.0. The zero-order valence-corrected chi connectivity index (χ0v) is 56.7. The van der Waals surface area contributed by atoms with E-state index >= 15 is 0 Å². The molecule has 3 aliphatic heterocycles. The fourth-order valence-corrected chi connectivity index (χ4v) is 19.9. The molecule has 9 aromatic rings. The summed E-state index contributed by atoms with van der Waals surface area (Å²) in [6.45, 7) is 47.6. The third-order valence-electron chi connectivity index (χ3n) is 25.5. The Morgan fingerprint density at radius 2 is 0.787 bits per heavy atom. The van der Waals surface area contributed by atoms with Gasteiger partial charge < -0.3 is 9.80 Å². The number of fused-ring (bicyclic) bond motifs is 14. The number of hydrogen-bond donors (Lipinski definition) is 0. The number of benzene rings is 9. The lowest BCUT2D eigenvalue weighted by Crippen LogP contribution is -2.62. The van der Waals surface area contributed by atoms with Gasteiger partial charge in [0.05, 0.1) is 5.69 Å². The summed E-state index contributed by atoms with van der Waals surface area (Å²) in [6.07, 6.45) is 4.63. The molecule has 0 unspecified atom stereocenters. The van der Waals surface area contributed by atoms with E-state index in [2.05, 4.69) is 287 Å². The Morgan fingerprint density at radius 3 is 1.39 bits per heavy atom. The molecule has 9 aromatic carbocycles. The number of hydrogen-bond acceptors (Lipinski definition) is 2. The van der Waals surface area contributed by atoms with Crippen LogP contribution in [0.1, 0.15) is 234 Å². The molecular weight excluding hydrogens is 1070 g/mol. The van der Waals surface area contributed by atoms with E-state index in [-0.39, 0.29) is 55.4 Å². The third kappa shape index (κ3) is 6.86. The molecule has 0 N–H and O–H groups in total. The Balaban J connectivity index is 1.07. The number of aryl methyl sites for hydroxylation is 1. The maximum atomic E-state index is 2.90. The molecule has 17 rings (SSSR count). The van der Waals surface area contributed by atoms with Crippen LogP contribution in [0, 0.1) is 6.92 Å². The van der Waals surface area contributed by atoms with Gasteiger partial charge in [-0.2, -0.15) is 0 Å². The van der Waals surface area contributed by atoms with Crippen LogP contribution in [-0.4, -0.2) is 6.71 Å². The third-order valence-corrected chi connectivity index (χ3v) is 25.5. The Hall–Kier alpha value is -7.36. The summed E-state index contributed by atoms with van der Waals surface area (Å²) in [7, 11) is 0. The molecule has 0 spiro atoms. The van der Waals surface area contributed by atoms with E-state index in [1.165, 1.54) is 163 Å². The SMILES string of the molecule is Cc1ccccc1-c1cc2c3c(c1)N1c4cc5c(cc4-c4c6c(cc7c4C(C)(C)CCC7(C)C)C(C)(C)c4ccc(c1c4-6)B3c1cc3c(cc1N2c1ccc2c(c1)C(C)(C)c1ccccc1C2(C)C)C(C)(C)c1ccccc1C3(C)C)C(C)(C)CCC5(C)C. The molecule has 5 aliphatic carbocycles. The van der Waals surface area contributed by atoms with Gasteiger partial charge in [-0.05, 0) is 219 Å². The minimum absolute atomic E-state index is 0.00524. The largest absolute Gasteiger partial charge is 0.311 e. The second-order valence-corrected chi connectivity index (χ2v) is 34.2. The summed E-state index contributed by atoms with van der Waals surface area (Å²) in [5.74, 6) is 0. The van der Waals surface area contributed by atoms with Gasteiger partial charge >= 0.3 is 0 Å². The lowest BCUT2D eigenvalue weighted by Gasteiger charge is -2.49. The van der Waals surface area contributed by atoms with Gasteiger partial charge in [0.25, 0.3) is 6.71 Å². The van der Waals surface area contributed by atoms with Gasteiger partial charge in [-0.1, -0.05) is 228 Å². The van der Waals surface area contributed by atoms with E-state index in [0.29, 0.717) is 0 Å². The van der Waals surface area contributed by atoms with E-state index in [1.54, 1.807) is 11.1 Å². The van der Waals surface area contributed by atoms with Crippen molar-refractivity contribution < 1.29 is 0 Å². The number of anilines is 6. The van der Waals surface area contributed by atoms with Crippen LogP contribution in [0.2, 0.25) is 0 Å². The maximum Gasteiger partial charge on any atom is 0.252 e. The Bertz CT molecular complexity index is 4730. The van der Waals surface area contributed by atoms with E-state index < -0.39 is 0 Å². The Labute approximate surface area is 532 Å². The molecule has 0 bridgehead atoms. The monoisotopic (exact) mass is 1160 g/mol. The van der Waals surface area contributed by atoms with Crippen molar-refractivity contribution >= 4 is 57.2 Å². The van der Waals surface area contributed by atoms with Crippen LogP contribution in [0.4, 0.5) is 34.1 Å². The van der Waals surface area contributed by atoms with Crippen molar-refractivity contribution in [3.63, 3.8) is 0 Å². The summed E-state index contributed by atoms with van der Waals surface area (Å²) in [6, 6.07) is 59.7. The van der Waals surface area contributed by atoms with Crippen LogP contribution in [0.3, 0.4) is 0 Å². The molecule has 3 heteroatoms. The van der Waals surface area contributed by atoms with Crippen LogP contribution in [0.5, 0.6) is 0 Å². The second-order valence-electron chi connectivity index (χ2n) is 34.2. The summed E-state index contributed by atoms with van der Waals surface area (Å²) < 4.78 is 0. The van der Waals surface area contributed by atoms with Crippen LogP contribution in [-0.2, 0) is 48.7 Å². The summed E-state index contributed by atoms with van der Waals surface area (Å²) >= 11 is 0. The van der Waals surface area contributed by atoms with E-state index in [1.807, 2.05) is 0 Å². The molecule has 0 saturated carbocycles. The van der Waals surface area contributed by atoms with E-state index in [9.17, 15) is 0 Å². The molecule has 3 heterocycles. The minimum atomic E-state index is -0.263. The lowest BCUT2D eigenvalue weighted by atomic mass is 9.32. The highest BCUT2D eigenvalue weighted by atomic mass is 15.2. The average molecular weight is 1160 g/mol. The van der Waals surface area contributed by atoms with Crippen molar-refractivity contribution in [1.82, 2.24) is 0 Å². The molecule has 2 nitrogen and oxygen atoms in total. The zero-order valence-electron chi connectivity index (χ0n) is 56.7. The normalized spacial score (nSPS) is 20.9.